The Morgan fingerprint density at radius 3 is 2.63 bits per heavy atom. The van der Waals surface area contributed by atoms with Crippen LogP contribution in [0.4, 0.5) is 0 Å². The fourth-order valence-electron chi connectivity index (χ4n) is 1.95. The molecule has 1 N–H and O–H groups in total. The summed E-state index contributed by atoms with van der Waals surface area (Å²) < 4.78 is 1.87. The Labute approximate surface area is 119 Å². The molecule has 0 bridgehead atoms. The molecule has 1 heterocycles. The van der Waals surface area contributed by atoms with Crippen LogP contribution in [0.25, 0.3) is 11.1 Å². The highest BCUT2D eigenvalue weighted by molar-refractivity contribution is 6.31. The lowest BCUT2D eigenvalue weighted by atomic mass is 10.0. The van der Waals surface area contributed by atoms with Crippen molar-refractivity contribution in [3.8, 4) is 11.1 Å². The molecule has 0 amide bonds. The van der Waals surface area contributed by atoms with Crippen LogP contribution in [0.5, 0.6) is 0 Å². The third-order valence-electron chi connectivity index (χ3n) is 3.30. The first-order chi connectivity index (χ1) is 8.99. The molecule has 3 nitrogen and oxygen atoms in total. The van der Waals surface area contributed by atoms with E-state index in [1.54, 1.807) is 0 Å². The van der Waals surface area contributed by atoms with Gasteiger partial charge in [0.2, 0.25) is 0 Å². The van der Waals surface area contributed by atoms with Crippen molar-refractivity contribution in [1.29, 1.82) is 0 Å². The summed E-state index contributed by atoms with van der Waals surface area (Å²) in [5, 5.41) is 8.44. The second-order valence-electron chi connectivity index (χ2n) is 5.11. The van der Waals surface area contributed by atoms with Crippen LogP contribution in [-0.2, 0) is 13.6 Å². The van der Waals surface area contributed by atoms with E-state index < -0.39 is 0 Å². The van der Waals surface area contributed by atoms with Gasteiger partial charge in [-0.1, -0.05) is 37.6 Å². The molecule has 1 aromatic carbocycles. The van der Waals surface area contributed by atoms with Gasteiger partial charge in [0.15, 0.2) is 0 Å². The minimum atomic E-state index is 0.455. The van der Waals surface area contributed by atoms with Crippen molar-refractivity contribution in [1.82, 2.24) is 15.1 Å². The van der Waals surface area contributed by atoms with Crippen LogP contribution in [0.15, 0.2) is 24.4 Å². The summed E-state index contributed by atoms with van der Waals surface area (Å²) in [6.07, 6.45) is 1.88. The molecule has 0 saturated carbocycles. The van der Waals surface area contributed by atoms with Gasteiger partial charge in [-0.05, 0) is 24.1 Å². The summed E-state index contributed by atoms with van der Waals surface area (Å²) in [5.74, 6) is 0. The highest BCUT2D eigenvalue weighted by Gasteiger charge is 2.09. The highest BCUT2D eigenvalue weighted by atomic mass is 35.5. The minimum Gasteiger partial charge on any atom is -0.310 e. The Morgan fingerprint density at radius 1 is 1.37 bits per heavy atom. The van der Waals surface area contributed by atoms with Crippen molar-refractivity contribution in [2.24, 2.45) is 7.05 Å². The van der Waals surface area contributed by atoms with Crippen molar-refractivity contribution in [2.75, 3.05) is 0 Å². The van der Waals surface area contributed by atoms with Gasteiger partial charge < -0.3 is 5.32 Å². The predicted octanol–water partition coefficient (Wildman–Crippen LogP) is 3.55. The summed E-state index contributed by atoms with van der Waals surface area (Å²) >= 11 is 6.35. The number of aromatic nitrogens is 2. The number of halogens is 1. The molecule has 0 atom stereocenters. The third-order valence-corrected chi connectivity index (χ3v) is 3.65. The van der Waals surface area contributed by atoms with Gasteiger partial charge in [-0.2, -0.15) is 5.10 Å². The molecule has 0 aliphatic rings. The normalized spacial score (nSPS) is 11.3. The van der Waals surface area contributed by atoms with Crippen molar-refractivity contribution in [2.45, 2.75) is 33.4 Å². The van der Waals surface area contributed by atoms with E-state index in [9.17, 15) is 0 Å². The maximum Gasteiger partial charge on any atom is 0.0571 e. The number of hydrogen-bond acceptors (Lipinski definition) is 2. The monoisotopic (exact) mass is 277 g/mol. The number of benzene rings is 1. The van der Waals surface area contributed by atoms with E-state index in [1.165, 1.54) is 0 Å². The van der Waals surface area contributed by atoms with Gasteiger partial charge >= 0.3 is 0 Å². The van der Waals surface area contributed by atoms with Crippen LogP contribution in [0.1, 0.15) is 25.1 Å². The predicted molar refractivity (Wildman–Crippen MR) is 80.4 cm³/mol. The van der Waals surface area contributed by atoms with Gasteiger partial charge in [0.05, 0.1) is 6.20 Å². The van der Waals surface area contributed by atoms with E-state index in [0.717, 1.165) is 34.0 Å². The molecule has 4 heteroatoms. The van der Waals surface area contributed by atoms with Crippen molar-refractivity contribution >= 4 is 11.6 Å². The Hall–Kier alpha value is -1.32. The summed E-state index contributed by atoms with van der Waals surface area (Å²) in [4.78, 5) is 0. The largest absolute Gasteiger partial charge is 0.310 e. The minimum absolute atomic E-state index is 0.455. The fraction of sp³-hybridized carbons (Fsp3) is 0.400. The topological polar surface area (TPSA) is 29.9 Å². The smallest absolute Gasteiger partial charge is 0.0571 e. The lowest BCUT2D eigenvalue weighted by Gasteiger charge is -2.11. The molecule has 2 rings (SSSR count). The quantitative estimate of drug-likeness (QED) is 0.926. The van der Waals surface area contributed by atoms with Crippen LogP contribution in [-0.4, -0.2) is 15.8 Å². The lowest BCUT2D eigenvalue weighted by molar-refractivity contribution is 0.589. The van der Waals surface area contributed by atoms with Gasteiger partial charge in [-0.25, -0.2) is 0 Å². The summed E-state index contributed by atoms with van der Waals surface area (Å²) in [6.45, 7) is 7.11. The third kappa shape index (κ3) is 3.17. The van der Waals surface area contributed by atoms with Crippen molar-refractivity contribution in [3.63, 3.8) is 0 Å². The van der Waals surface area contributed by atoms with Crippen LogP contribution < -0.4 is 5.32 Å². The van der Waals surface area contributed by atoms with E-state index in [-0.39, 0.29) is 0 Å². The zero-order valence-electron chi connectivity index (χ0n) is 11.9. The molecule has 0 fully saturated rings. The number of aryl methyl sites for hydroxylation is 1. The summed E-state index contributed by atoms with van der Waals surface area (Å²) in [6, 6.07) is 6.66. The molecule has 0 saturated heterocycles. The maximum atomic E-state index is 6.35. The molecule has 19 heavy (non-hydrogen) atoms. The highest BCUT2D eigenvalue weighted by Crippen LogP contribution is 2.27. The van der Waals surface area contributed by atoms with Crippen LogP contribution >= 0.6 is 11.6 Å². The molecule has 0 aliphatic heterocycles. The first-order valence-corrected chi connectivity index (χ1v) is 6.87. The van der Waals surface area contributed by atoms with Gasteiger partial charge in [0.25, 0.3) is 0 Å². The average Bonchev–Trinajstić information content (AvgIpc) is 2.68. The van der Waals surface area contributed by atoms with E-state index in [0.29, 0.717) is 6.04 Å². The van der Waals surface area contributed by atoms with Crippen LogP contribution in [0.3, 0.4) is 0 Å². The first kappa shape index (κ1) is 14.1. The lowest BCUT2D eigenvalue weighted by Crippen LogP contribution is -2.21. The molecule has 0 radical (unpaired) electrons. The van der Waals surface area contributed by atoms with Crippen molar-refractivity contribution in [3.05, 3.63) is 40.7 Å². The summed E-state index contributed by atoms with van der Waals surface area (Å²) in [5.41, 5.74) is 4.52. The standard InChI is InChI=1S/C15H20ClN3/c1-10(2)17-8-13-6-5-12(7-15(13)16)14-9-18-19(4)11(14)3/h5-7,9-10,17H,8H2,1-4H3. The number of nitrogens with one attached hydrogen (secondary N) is 1. The Kier molecular flexibility index (Phi) is 4.27. The van der Waals surface area contributed by atoms with Gasteiger partial charge in [0, 0.05) is 35.9 Å². The molecule has 0 unspecified atom stereocenters. The van der Waals surface area contributed by atoms with Crippen molar-refractivity contribution < 1.29 is 0 Å². The average molecular weight is 278 g/mol. The number of nitrogens with zero attached hydrogens (tertiary/aromatic N) is 2. The molecule has 2 aromatic rings. The Balaban J connectivity index is 2.26. The van der Waals surface area contributed by atoms with E-state index in [1.807, 2.05) is 24.0 Å². The molecule has 0 spiro atoms. The molecular weight excluding hydrogens is 258 g/mol. The van der Waals surface area contributed by atoms with Crippen LogP contribution in [0, 0.1) is 6.92 Å². The second-order valence-corrected chi connectivity index (χ2v) is 5.52. The van der Waals surface area contributed by atoms with Gasteiger partial charge in [-0.15, -0.1) is 0 Å². The number of hydrogen-bond donors (Lipinski definition) is 1. The van der Waals surface area contributed by atoms with Crippen LogP contribution in [0.2, 0.25) is 5.02 Å². The van der Waals surface area contributed by atoms with E-state index >= 15 is 0 Å². The molecule has 0 aliphatic carbocycles. The molecule has 102 valence electrons. The zero-order chi connectivity index (χ0) is 14.0. The van der Waals surface area contributed by atoms with E-state index in [4.69, 9.17) is 11.6 Å². The first-order valence-electron chi connectivity index (χ1n) is 6.50. The Morgan fingerprint density at radius 2 is 2.11 bits per heavy atom. The fourth-order valence-corrected chi connectivity index (χ4v) is 2.20. The SMILES string of the molecule is Cc1c(-c2ccc(CNC(C)C)c(Cl)c2)cnn1C. The number of rotatable bonds is 4. The van der Waals surface area contributed by atoms with Gasteiger partial charge in [0.1, 0.15) is 0 Å². The van der Waals surface area contributed by atoms with Gasteiger partial charge in [-0.3, -0.25) is 4.68 Å². The molecule has 1 aromatic heterocycles. The van der Waals surface area contributed by atoms with E-state index in [2.05, 4.69) is 43.3 Å². The second kappa shape index (κ2) is 5.76. The molecular formula is C15H20ClN3. The Bertz CT molecular complexity index is 573. The summed E-state index contributed by atoms with van der Waals surface area (Å²) in [7, 11) is 1.95. The zero-order valence-corrected chi connectivity index (χ0v) is 12.6. The maximum absolute atomic E-state index is 6.35.